The van der Waals surface area contributed by atoms with E-state index in [1.165, 1.54) is 0 Å². The van der Waals surface area contributed by atoms with Crippen molar-refractivity contribution in [3.05, 3.63) is 104 Å². The second-order valence-corrected chi connectivity index (χ2v) is 29.7. The number of nitrogens with one attached hydrogen (secondary N) is 2. The fourth-order valence-electron chi connectivity index (χ4n) is 14.1. The molecule has 2 aromatic carbocycles. The van der Waals surface area contributed by atoms with Gasteiger partial charge in [-0.15, -0.1) is 0 Å². The monoisotopic (exact) mass is 1810 g/mol. The molecule has 3 N–H and O–H groups in total. The van der Waals surface area contributed by atoms with E-state index in [0.717, 1.165) is 16.7 Å². The van der Waals surface area contributed by atoms with Crippen LogP contribution in [0.15, 0.2) is 36.4 Å². The van der Waals surface area contributed by atoms with E-state index in [0.29, 0.717) is 243 Å². The molecule has 35 heteroatoms. The molecule has 2 aliphatic heterocycles. The highest BCUT2D eigenvalue weighted by Crippen LogP contribution is 2.47. The summed E-state index contributed by atoms with van der Waals surface area (Å²) >= 11 is 0. The third-order valence-electron chi connectivity index (χ3n) is 20.6. The zero-order chi connectivity index (χ0) is 92.0. The van der Waals surface area contributed by atoms with Crippen LogP contribution in [0.4, 0.5) is 0 Å². The Morgan fingerprint density at radius 2 is 0.822 bits per heavy atom. The number of ether oxygens (including phenoxy) is 26. The molecular weight excluding hydrogens is 1680 g/mol. The maximum absolute atomic E-state index is 15.7. The highest BCUT2D eigenvalue weighted by Gasteiger charge is 2.38. The molecule has 5 heterocycles. The topological polar surface area (TPSA) is 386 Å². The third kappa shape index (κ3) is 35.6. The van der Waals surface area contributed by atoms with E-state index in [2.05, 4.69) is 21.8 Å². The van der Waals surface area contributed by atoms with Gasteiger partial charge in [-0.05, 0) is 110 Å². The number of aliphatic carboxylic acids is 1. The number of methoxy groups -OCH3 is 6. The summed E-state index contributed by atoms with van der Waals surface area (Å²) in [5.41, 5.74) is 9.99. The SMILES string of the molecule is CCC1=C(C)c2cc3[nH]c(c(C)c3C(=O)OCc3cc(OCCOCCOCCOC)c(OCCOCCOCCOC)c(OCCOCCOCCOC)c3)c(C#CCCCC(=O)O)c3nc(c4c5[nH]c(cc1n2)c(C)c5C(=O)C4)[C@@H](CCC(=O)OCc1cc(OCCOCCOCCOC)c(OCCOCCOCCOC)c(OCCOCCOCCOC)c1)[C@@H]3C. The Labute approximate surface area is 756 Å². The van der Waals surface area contributed by atoms with Crippen LogP contribution in [0.3, 0.4) is 0 Å². The molecule has 0 amide bonds. The van der Waals surface area contributed by atoms with Crippen molar-refractivity contribution in [3.63, 3.8) is 0 Å². The first-order valence-electron chi connectivity index (χ1n) is 44.1. The number of rotatable bonds is 72. The molecule has 0 radical (unpaired) electrons. The van der Waals surface area contributed by atoms with Gasteiger partial charge in [0.15, 0.2) is 28.8 Å². The number of aromatic nitrogens is 4. The minimum atomic E-state index is -0.977. The van der Waals surface area contributed by atoms with Crippen LogP contribution in [0.5, 0.6) is 34.5 Å². The summed E-state index contributed by atoms with van der Waals surface area (Å²) in [4.78, 5) is 75.2. The van der Waals surface area contributed by atoms with Crippen molar-refractivity contribution >= 4 is 56.9 Å². The summed E-state index contributed by atoms with van der Waals surface area (Å²) in [6.45, 7) is 20.0. The van der Waals surface area contributed by atoms with Crippen molar-refractivity contribution in [3.8, 4) is 46.3 Å². The number of benzene rings is 2. The van der Waals surface area contributed by atoms with Crippen LogP contribution in [0, 0.1) is 25.7 Å². The van der Waals surface area contributed by atoms with Crippen molar-refractivity contribution in [1.82, 2.24) is 19.9 Å². The number of aromatic amines is 2. The number of Topliss-reactive ketones (excluding diaryl/α,β-unsaturated/α-hetero) is 1. The quantitative estimate of drug-likeness (QED) is 0.0185. The fourth-order valence-corrected chi connectivity index (χ4v) is 14.1. The molecule has 3 aliphatic rings. The Hall–Kier alpha value is -8.98. The lowest BCUT2D eigenvalue weighted by molar-refractivity contribution is -0.145. The first kappa shape index (κ1) is 105. The van der Waals surface area contributed by atoms with Crippen LogP contribution in [0.1, 0.15) is 148 Å². The van der Waals surface area contributed by atoms with Crippen LogP contribution in [0.2, 0.25) is 0 Å². The van der Waals surface area contributed by atoms with Crippen LogP contribution < -0.4 is 28.4 Å². The van der Waals surface area contributed by atoms with Crippen molar-refractivity contribution in [2.24, 2.45) is 0 Å². The van der Waals surface area contributed by atoms with Crippen molar-refractivity contribution in [2.45, 2.75) is 105 Å². The third-order valence-corrected chi connectivity index (χ3v) is 20.6. The molecular formula is C94H134N4O31. The molecule has 8 rings (SSSR count). The number of ketones is 1. The van der Waals surface area contributed by atoms with E-state index >= 15 is 4.79 Å². The number of carboxylic acid groups (broad SMARTS) is 1. The molecule has 0 spiro atoms. The normalized spacial score (nSPS) is 13.5. The maximum atomic E-state index is 15.7. The summed E-state index contributed by atoms with van der Waals surface area (Å²) in [6, 6.07) is 10.7. The van der Waals surface area contributed by atoms with Gasteiger partial charge in [0.2, 0.25) is 11.5 Å². The van der Waals surface area contributed by atoms with Crippen molar-refractivity contribution < 1.29 is 147 Å². The van der Waals surface area contributed by atoms with Gasteiger partial charge in [0.1, 0.15) is 52.9 Å². The second-order valence-electron chi connectivity index (χ2n) is 29.7. The molecule has 0 saturated heterocycles. The number of carboxylic acids is 1. The first-order valence-corrected chi connectivity index (χ1v) is 44.1. The van der Waals surface area contributed by atoms with E-state index in [4.69, 9.17) is 133 Å². The second kappa shape index (κ2) is 61.6. The molecule has 716 valence electrons. The van der Waals surface area contributed by atoms with Crippen LogP contribution >= 0.6 is 0 Å². The lowest BCUT2D eigenvalue weighted by Gasteiger charge is -2.19. The fraction of sp³-hybridized carbons (Fsp3) is 0.617. The number of allylic oxidation sites excluding steroid dienone is 2. The van der Waals surface area contributed by atoms with Gasteiger partial charge in [-0.25, -0.2) is 9.78 Å². The number of aryl methyl sites for hydroxylation is 2. The Balaban J connectivity index is 1.17. The number of nitrogens with zero attached hydrogens (tertiary/aromatic N) is 2. The lowest BCUT2D eigenvalue weighted by atomic mass is 9.84. The standard InChI is InChI=1S/C94H134N4O31/c1-12-71-65(2)75-62-78-86(94(103)129-64-70-58-82(124-52-46-118-40-34-112-28-22-106-8)93(127-55-49-121-43-37-115-31-25-109-11)83(59-70)125-53-47-119-41-35-113-29-23-107-9)68(5)89(97-78)73(16-14-13-15-17-84(100)101)88-66(3)72(90(98-88)74-60-79(99)87-67(4)76(96-91(74)87)61-77(71)95-75)18-19-85(102)128-63-69-56-80(122-50-44-116-38-32-110-26-20-104-6)92(126-54-48-120-42-36-114-30-24-108-10)81(57-69)123-51-45-117-39-33-111-27-21-105-7/h56-59,61-62,66,72,96-97H,12-13,15,17-55,60,63-64H2,1-11H3,(H,100,101)/t66-,72-/m0/s1. The summed E-state index contributed by atoms with van der Waals surface area (Å²) in [7, 11) is 9.63. The predicted molar refractivity (Wildman–Crippen MR) is 476 cm³/mol. The average Bonchev–Trinajstić information content (AvgIpc) is 1.58. The van der Waals surface area contributed by atoms with Gasteiger partial charge >= 0.3 is 17.9 Å². The molecule has 8 bridgehead atoms. The minimum Gasteiger partial charge on any atom is -0.487 e. The van der Waals surface area contributed by atoms with E-state index in [-0.39, 0.29) is 177 Å². The number of hydrogen-bond donors (Lipinski definition) is 3. The van der Waals surface area contributed by atoms with E-state index < -0.39 is 29.7 Å². The molecule has 0 saturated carbocycles. The van der Waals surface area contributed by atoms with Crippen LogP contribution in [-0.4, -0.2) is 329 Å². The lowest BCUT2D eigenvalue weighted by Crippen LogP contribution is -2.16. The van der Waals surface area contributed by atoms with Crippen LogP contribution in [-0.2, 0) is 124 Å². The van der Waals surface area contributed by atoms with Gasteiger partial charge < -0.3 is 138 Å². The number of esters is 2. The number of H-pyrrole nitrogens is 2. The molecule has 0 unspecified atom stereocenters. The molecule has 3 aromatic heterocycles. The van der Waals surface area contributed by atoms with Crippen molar-refractivity contribution in [2.75, 3.05) is 281 Å². The number of carbonyl (C=O) groups excluding carboxylic acids is 3. The Morgan fingerprint density at radius 3 is 1.22 bits per heavy atom. The van der Waals surface area contributed by atoms with E-state index in [1.807, 2.05) is 39.8 Å². The molecule has 129 heavy (non-hydrogen) atoms. The van der Waals surface area contributed by atoms with Gasteiger partial charge in [-0.3, -0.25) is 19.4 Å². The van der Waals surface area contributed by atoms with Crippen molar-refractivity contribution in [1.29, 1.82) is 0 Å². The van der Waals surface area contributed by atoms with Gasteiger partial charge in [-0.2, -0.15) is 0 Å². The summed E-state index contributed by atoms with van der Waals surface area (Å²) in [5, 5.41) is 9.80. The predicted octanol–water partition coefficient (Wildman–Crippen LogP) is 10.7. The average molecular weight is 1820 g/mol. The number of fused-ring (bicyclic) bond motifs is 8. The molecule has 1 aliphatic carbocycles. The Morgan fingerprint density at radius 1 is 0.442 bits per heavy atom. The van der Waals surface area contributed by atoms with Gasteiger partial charge in [0.05, 0.1) is 249 Å². The van der Waals surface area contributed by atoms with Gasteiger partial charge in [0, 0.05) is 96.8 Å². The molecule has 0 fully saturated rings. The Bertz CT molecular complexity index is 4390. The first-order chi connectivity index (χ1) is 63.1. The number of hydrogen-bond acceptors (Lipinski definition) is 32. The smallest absolute Gasteiger partial charge is 0.340 e. The Kier molecular flexibility index (Phi) is 50.3. The molecule has 5 aromatic rings. The van der Waals surface area contributed by atoms with Gasteiger partial charge in [-0.1, -0.05) is 25.7 Å². The maximum Gasteiger partial charge on any atom is 0.340 e. The number of unbranched alkanes of at least 4 members (excludes halogenated alkanes) is 1. The van der Waals surface area contributed by atoms with Crippen LogP contribution in [0.25, 0.3) is 33.2 Å². The zero-order valence-corrected chi connectivity index (χ0v) is 77.0. The van der Waals surface area contributed by atoms with E-state index in [9.17, 15) is 19.5 Å². The zero-order valence-electron chi connectivity index (χ0n) is 77.0. The minimum absolute atomic E-state index is 0.00265. The number of carbonyl (C=O) groups is 4. The van der Waals surface area contributed by atoms with Gasteiger partial charge in [0.25, 0.3) is 0 Å². The van der Waals surface area contributed by atoms with E-state index in [1.54, 1.807) is 73.8 Å². The molecule has 35 nitrogen and oxygen atoms in total. The highest BCUT2D eigenvalue weighted by atomic mass is 16.6. The summed E-state index contributed by atoms with van der Waals surface area (Å²) in [6.07, 6.45) is 0.935. The highest BCUT2D eigenvalue weighted by molar-refractivity contribution is 6.13. The largest absolute Gasteiger partial charge is 0.487 e. The summed E-state index contributed by atoms with van der Waals surface area (Å²) in [5.74, 6) is 4.90. The molecule has 2 atom stereocenters. The summed E-state index contributed by atoms with van der Waals surface area (Å²) < 4.78 is 151.